The van der Waals surface area contributed by atoms with E-state index in [1.807, 2.05) is 12.1 Å². The number of rotatable bonds is 1. The first kappa shape index (κ1) is 18.9. The van der Waals surface area contributed by atoms with Gasteiger partial charge in [0, 0.05) is 21.9 Å². The minimum absolute atomic E-state index is 0.245. The molecule has 0 heterocycles. The SMILES string of the molecule is CC1CC2CC(C)C3(C4=CC=CCC4c4cc(-c5ccccc5Cl)ccc43)C(C1)C2. The van der Waals surface area contributed by atoms with Crippen LogP contribution in [0, 0.1) is 23.7 Å². The molecule has 30 heavy (non-hydrogen) atoms. The Balaban J connectivity index is 1.56. The van der Waals surface area contributed by atoms with Crippen LogP contribution >= 0.6 is 11.6 Å². The van der Waals surface area contributed by atoms with Crippen molar-refractivity contribution < 1.29 is 0 Å². The Kier molecular flexibility index (Phi) is 4.33. The van der Waals surface area contributed by atoms with E-state index < -0.39 is 0 Å². The van der Waals surface area contributed by atoms with E-state index in [-0.39, 0.29) is 5.41 Å². The van der Waals surface area contributed by atoms with Crippen LogP contribution in [-0.2, 0) is 5.41 Å². The summed E-state index contributed by atoms with van der Waals surface area (Å²) < 4.78 is 0. The highest BCUT2D eigenvalue weighted by molar-refractivity contribution is 6.33. The van der Waals surface area contributed by atoms with Gasteiger partial charge in [0.15, 0.2) is 0 Å². The van der Waals surface area contributed by atoms with Crippen LogP contribution in [0.25, 0.3) is 11.1 Å². The summed E-state index contributed by atoms with van der Waals surface area (Å²) in [4.78, 5) is 0. The lowest BCUT2D eigenvalue weighted by atomic mass is 9.49. The molecule has 0 amide bonds. The molecule has 2 aromatic carbocycles. The minimum Gasteiger partial charge on any atom is -0.0837 e. The largest absolute Gasteiger partial charge is 0.0837 e. The van der Waals surface area contributed by atoms with Gasteiger partial charge in [-0.1, -0.05) is 85.6 Å². The molecule has 0 N–H and O–H groups in total. The van der Waals surface area contributed by atoms with E-state index in [1.54, 1.807) is 16.7 Å². The molecule has 0 aromatic heterocycles. The standard InChI is InChI=1S/C29H31Cl/c1-18-13-20-15-19(2)29(22(14-18)16-20)26-9-5-3-8-24(26)25-17-21(11-12-27(25)29)23-7-4-6-10-28(23)30/h3-7,9-12,17-20,22,24H,8,13-16H2,1-2H3. The van der Waals surface area contributed by atoms with Crippen molar-refractivity contribution in [2.75, 3.05) is 0 Å². The van der Waals surface area contributed by atoms with Crippen LogP contribution in [0.5, 0.6) is 0 Å². The molecular weight excluding hydrogens is 384 g/mol. The van der Waals surface area contributed by atoms with Crippen LogP contribution in [0.1, 0.15) is 63.0 Å². The highest BCUT2D eigenvalue weighted by Gasteiger charge is 2.58. The zero-order valence-corrected chi connectivity index (χ0v) is 18.8. The van der Waals surface area contributed by atoms with Crippen molar-refractivity contribution in [2.45, 2.75) is 57.3 Å². The van der Waals surface area contributed by atoms with Gasteiger partial charge in [0.25, 0.3) is 0 Å². The minimum atomic E-state index is 0.245. The van der Waals surface area contributed by atoms with Gasteiger partial charge in [0.1, 0.15) is 0 Å². The van der Waals surface area contributed by atoms with E-state index in [0.717, 1.165) is 40.7 Å². The van der Waals surface area contributed by atoms with Gasteiger partial charge in [-0.05, 0) is 78.5 Å². The van der Waals surface area contributed by atoms with Crippen LogP contribution in [-0.4, -0.2) is 0 Å². The topological polar surface area (TPSA) is 0 Å². The first-order valence-electron chi connectivity index (χ1n) is 11.9. The molecule has 4 aliphatic carbocycles. The quantitative estimate of drug-likeness (QED) is 0.440. The Bertz CT molecular complexity index is 1060. The van der Waals surface area contributed by atoms with Crippen LogP contribution < -0.4 is 0 Å². The molecule has 0 aliphatic heterocycles. The molecular formula is C29H31Cl. The van der Waals surface area contributed by atoms with Crippen molar-refractivity contribution in [3.63, 3.8) is 0 Å². The molecule has 154 valence electrons. The van der Waals surface area contributed by atoms with Crippen molar-refractivity contribution in [3.8, 4) is 11.1 Å². The van der Waals surface area contributed by atoms with Gasteiger partial charge in [-0.15, -0.1) is 0 Å². The second-order valence-corrected chi connectivity index (χ2v) is 10.9. The summed E-state index contributed by atoms with van der Waals surface area (Å²) in [5, 5.41) is 0.847. The average molecular weight is 415 g/mol. The predicted molar refractivity (Wildman–Crippen MR) is 127 cm³/mol. The number of halogens is 1. The first-order valence-corrected chi connectivity index (χ1v) is 12.2. The van der Waals surface area contributed by atoms with E-state index in [1.165, 1.54) is 31.2 Å². The third-order valence-corrected chi connectivity index (χ3v) is 9.17. The van der Waals surface area contributed by atoms with Crippen LogP contribution in [0.2, 0.25) is 5.02 Å². The summed E-state index contributed by atoms with van der Waals surface area (Å²) in [5.74, 6) is 3.86. The molecule has 1 spiro atoms. The molecule has 1 heteroatoms. The highest BCUT2D eigenvalue weighted by Crippen LogP contribution is 2.66. The van der Waals surface area contributed by atoms with Gasteiger partial charge in [-0.3, -0.25) is 0 Å². The van der Waals surface area contributed by atoms with Crippen LogP contribution in [0.3, 0.4) is 0 Å². The van der Waals surface area contributed by atoms with Crippen molar-refractivity contribution >= 4 is 11.6 Å². The number of hydrogen-bond acceptors (Lipinski definition) is 0. The summed E-state index contributed by atoms with van der Waals surface area (Å²) in [6, 6.07) is 15.6. The maximum Gasteiger partial charge on any atom is 0.0484 e. The molecule has 4 aliphatic rings. The van der Waals surface area contributed by atoms with E-state index in [2.05, 4.69) is 62.4 Å². The first-order chi connectivity index (χ1) is 14.6. The summed E-state index contributed by atoms with van der Waals surface area (Å²) in [6.45, 7) is 5.05. The number of benzene rings is 2. The maximum absolute atomic E-state index is 6.58. The zero-order chi connectivity index (χ0) is 20.5. The maximum atomic E-state index is 6.58. The highest BCUT2D eigenvalue weighted by atomic mass is 35.5. The summed E-state index contributed by atoms with van der Waals surface area (Å²) in [6.07, 6.45) is 14.0. The Morgan fingerprint density at radius 3 is 2.70 bits per heavy atom. The lowest BCUT2D eigenvalue weighted by Gasteiger charge is -2.55. The molecule has 2 saturated carbocycles. The van der Waals surface area contributed by atoms with Gasteiger partial charge in [-0.2, -0.15) is 0 Å². The third kappa shape index (κ3) is 2.53. The third-order valence-electron chi connectivity index (χ3n) is 8.84. The van der Waals surface area contributed by atoms with Gasteiger partial charge in [0.2, 0.25) is 0 Å². The number of hydrogen-bond donors (Lipinski definition) is 0. The molecule has 6 rings (SSSR count). The smallest absolute Gasteiger partial charge is 0.0484 e. The molecule has 2 bridgehead atoms. The molecule has 6 atom stereocenters. The van der Waals surface area contributed by atoms with Crippen LogP contribution in [0.4, 0.5) is 0 Å². The fourth-order valence-corrected chi connectivity index (χ4v) is 8.24. The molecule has 0 radical (unpaired) electrons. The Hall–Kier alpha value is -1.79. The average Bonchev–Trinajstić information content (AvgIpc) is 3.03. The second kappa shape index (κ2) is 6.86. The number of allylic oxidation sites excluding steroid dienone is 4. The van der Waals surface area contributed by atoms with Crippen molar-refractivity contribution in [3.05, 3.63) is 82.4 Å². The van der Waals surface area contributed by atoms with Gasteiger partial charge in [0.05, 0.1) is 0 Å². The molecule has 0 nitrogen and oxygen atoms in total. The fourth-order valence-electron chi connectivity index (χ4n) is 8.00. The van der Waals surface area contributed by atoms with Crippen LogP contribution in [0.15, 0.2) is 66.3 Å². The lowest BCUT2D eigenvalue weighted by Crippen LogP contribution is -2.49. The molecule has 2 aromatic rings. The normalized spacial score (nSPS) is 36.4. The summed E-state index contributed by atoms with van der Waals surface area (Å²) >= 11 is 6.58. The van der Waals surface area contributed by atoms with E-state index >= 15 is 0 Å². The van der Waals surface area contributed by atoms with Crippen molar-refractivity contribution in [1.29, 1.82) is 0 Å². The Morgan fingerprint density at radius 1 is 0.967 bits per heavy atom. The van der Waals surface area contributed by atoms with Gasteiger partial charge in [-0.25, -0.2) is 0 Å². The van der Waals surface area contributed by atoms with Crippen molar-refractivity contribution in [1.82, 2.24) is 0 Å². The Morgan fingerprint density at radius 2 is 1.83 bits per heavy atom. The summed E-state index contributed by atoms with van der Waals surface area (Å²) in [5.41, 5.74) is 7.61. The second-order valence-electron chi connectivity index (χ2n) is 10.5. The number of fused-ring (bicyclic) bond motifs is 8. The summed E-state index contributed by atoms with van der Waals surface area (Å²) in [7, 11) is 0. The monoisotopic (exact) mass is 414 g/mol. The zero-order valence-electron chi connectivity index (χ0n) is 18.1. The van der Waals surface area contributed by atoms with E-state index in [9.17, 15) is 0 Å². The molecule has 6 unspecified atom stereocenters. The van der Waals surface area contributed by atoms with Gasteiger partial charge >= 0.3 is 0 Å². The lowest BCUT2D eigenvalue weighted by molar-refractivity contribution is 0.0394. The van der Waals surface area contributed by atoms with Crippen molar-refractivity contribution in [2.24, 2.45) is 23.7 Å². The van der Waals surface area contributed by atoms with E-state index in [0.29, 0.717) is 5.92 Å². The van der Waals surface area contributed by atoms with E-state index in [4.69, 9.17) is 11.6 Å². The van der Waals surface area contributed by atoms with Gasteiger partial charge < -0.3 is 0 Å². The fraction of sp³-hybridized carbons (Fsp3) is 0.448. The molecule has 2 fully saturated rings. The Labute approximate surface area is 186 Å². The molecule has 0 saturated heterocycles. The predicted octanol–water partition coefficient (Wildman–Crippen LogP) is 8.32.